The number of piperidine rings is 1. The molecule has 1 fully saturated rings. The molecule has 0 aromatic heterocycles. The lowest BCUT2D eigenvalue weighted by Crippen LogP contribution is -2.42. The smallest absolute Gasteiger partial charge is 0.223 e. The number of carbonyl (C=O) groups excluding carboxylic acids is 1. The Balaban J connectivity index is 1.81. The number of carbonyl (C=O) groups is 1. The third kappa shape index (κ3) is 4.31. The monoisotopic (exact) mass is 264 g/mol. The molecule has 2 rings (SSSR count). The van der Waals surface area contributed by atoms with Gasteiger partial charge in [0.15, 0.2) is 0 Å². The molecule has 0 saturated carbocycles. The van der Waals surface area contributed by atoms with E-state index in [0.717, 1.165) is 37.9 Å². The van der Waals surface area contributed by atoms with E-state index in [1.165, 1.54) is 12.1 Å². The first-order valence-corrected chi connectivity index (χ1v) is 6.90. The van der Waals surface area contributed by atoms with Crippen molar-refractivity contribution in [3.63, 3.8) is 0 Å². The van der Waals surface area contributed by atoms with Crippen molar-refractivity contribution in [3.8, 4) is 0 Å². The zero-order chi connectivity index (χ0) is 13.7. The minimum atomic E-state index is -0.227. The van der Waals surface area contributed by atoms with Crippen LogP contribution in [0, 0.1) is 11.7 Å². The minimum Gasteiger partial charge on any atom is -0.353 e. The van der Waals surface area contributed by atoms with Crippen molar-refractivity contribution in [2.24, 2.45) is 5.92 Å². The molecule has 1 atom stereocenters. The Bertz CT molecular complexity index is 413. The molecule has 1 amide bonds. The van der Waals surface area contributed by atoms with E-state index in [-0.39, 0.29) is 23.7 Å². The third-order valence-electron chi connectivity index (χ3n) is 3.55. The molecule has 0 bridgehead atoms. The Morgan fingerprint density at radius 1 is 1.37 bits per heavy atom. The van der Waals surface area contributed by atoms with Gasteiger partial charge in [-0.05, 0) is 57.0 Å². The van der Waals surface area contributed by atoms with Gasteiger partial charge in [0, 0.05) is 12.0 Å². The fourth-order valence-electron chi connectivity index (χ4n) is 2.47. The highest BCUT2D eigenvalue weighted by atomic mass is 19.1. The van der Waals surface area contributed by atoms with Crippen LogP contribution in [0.4, 0.5) is 4.39 Å². The first-order chi connectivity index (χ1) is 9.15. The Hall–Kier alpha value is -1.42. The SMILES string of the molecule is CC(Cc1ccc(F)cc1)NC(=O)C1CCNCC1. The molecular formula is C15H21FN2O. The largest absolute Gasteiger partial charge is 0.353 e. The van der Waals surface area contributed by atoms with Gasteiger partial charge in [-0.2, -0.15) is 0 Å². The highest BCUT2D eigenvalue weighted by molar-refractivity contribution is 5.79. The summed E-state index contributed by atoms with van der Waals surface area (Å²) in [5.41, 5.74) is 1.04. The van der Waals surface area contributed by atoms with Crippen molar-refractivity contribution < 1.29 is 9.18 Å². The van der Waals surface area contributed by atoms with E-state index >= 15 is 0 Å². The summed E-state index contributed by atoms with van der Waals surface area (Å²) < 4.78 is 12.8. The summed E-state index contributed by atoms with van der Waals surface area (Å²) in [6.45, 7) is 3.83. The highest BCUT2D eigenvalue weighted by Crippen LogP contribution is 2.12. The van der Waals surface area contributed by atoms with Crippen molar-refractivity contribution in [1.29, 1.82) is 0 Å². The van der Waals surface area contributed by atoms with Gasteiger partial charge in [0.2, 0.25) is 5.91 Å². The molecule has 0 spiro atoms. The van der Waals surface area contributed by atoms with Crippen LogP contribution < -0.4 is 10.6 Å². The molecule has 1 aliphatic heterocycles. The molecule has 1 aromatic carbocycles. The van der Waals surface area contributed by atoms with Crippen LogP contribution >= 0.6 is 0 Å². The number of benzene rings is 1. The van der Waals surface area contributed by atoms with Gasteiger partial charge in [-0.15, -0.1) is 0 Å². The van der Waals surface area contributed by atoms with Crippen LogP contribution in [-0.4, -0.2) is 25.0 Å². The molecule has 1 saturated heterocycles. The molecule has 19 heavy (non-hydrogen) atoms. The third-order valence-corrected chi connectivity index (χ3v) is 3.55. The quantitative estimate of drug-likeness (QED) is 0.871. The second-order valence-corrected chi connectivity index (χ2v) is 5.26. The second kappa shape index (κ2) is 6.66. The van der Waals surface area contributed by atoms with Crippen LogP contribution in [0.25, 0.3) is 0 Å². The maximum Gasteiger partial charge on any atom is 0.223 e. The number of rotatable bonds is 4. The van der Waals surface area contributed by atoms with Crippen LogP contribution in [0.3, 0.4) is 0 Å². The Labute approximate surface area is 113 Å². The molecule has 0 aliphatic carbocycles. The molecule has 1 unspecified atom stereocenters. The average Bonchev–Trinajstić information content (AvgIpc) is 2.42. The van der Waals surface area contributed by atoms with E-state index in [2.05, 4.69) is 10.6 Å². The zero-order valence-corrected chi connectivity index (χ0v) is 11.3. The summed E-state index contributed by atoms with van der Waals surface area (Å²) in [6, 6.07) is 6.52. The van der Waals surface area contributed by atoms with Gasteiger partial charge in [-0.25, -0.2) is 4.39 Å². The van der Waals surface area contributed by atoms with Gasteiger partial charge in [0.05, 0.1) is 0 Å². The summed E-state index contributed by atoms with van der Waals surface area (Å²) in [4.78, 5) is 12.1. The van der Waals surface area contributed by atoms with E-state index in [1.54, 1.807) is 12.1 Å². The summed E-state index contributed by atoms with van der Waals surface area (Å²) in [5.74, 6) is 0.0585. The maximum atomic E-state index is 12.8. The number of nitrogens with one attached hydrogen (secondary N) is 2. The van der Waals surface area contributed by atoms with E-state index in [9.17, 15) is 9.18 Å². The number of hydrogen-bond acceptors (Lipinski definition) is 2. The molecule has 1 aromatic rings. The standard InChI is InChI=1S/C15H21FN2O/c1-11(10-12-2-4-14(16)5-3-12)18-15(19)13-6-8-17-9-7-13/h2-5,11,13,17H,6-10H2,1H3,(H,18,19). The topological polar surface area (TPSA) is 41.1 Å². The van der Waals surface area contributed by atoms with Gasteiger partial charge in [-0.1, -0.05) is 12.1 Å². The lowest BCUT2D eigenvalue weighted by molar-refractivity contribution is -0.126. The summed E-state index contributed by atoms with van der Waals surface area (Å²) >= 11 is 0. The molecule has 1 aliphatic rings. The average molecular weight is 264 g/mol. The molecule has 4 heteroatoms. The van der Waals surface area contributed by atoms with Crippen molar-refractivity contribution >= 4 is 5.91 Å². The van der Waals surface area contributed by atoms with Gasteiger partial charge in [0.25, 0.3) is 0 Å². The molecular weight excluding hydrogens is 243 g/mol. The summed E-state index contributed by atoms with van der Waals surface area (Å²) in [7, 11) is 0. The lowest BCUT2D eigenvalue weighted by atomic mass is 9.96. The second-order valence-electron chi connectivity index (χ2n) is 5.26. The van der Waals surface area contributed by atoms with Gasteiger partial charge >= 0.3 is 0 Å². The number of hydrogen-bond donors (Lipinski definition) is 2. The first-order valence-electron chi connectivity index (χ1n) is 6.90. The summed E-state index contributed by atoms with van der Waals surface area (Å²) in [5, 5.41) is 6.30. The first kappa shape index (κ1) is 14.0. The van der Waals surface area contributed by atoms with Gasteiger partial charge < -0.3 is 10.6 Å². The van der Waals surface area contributed by atoms with Crippen molar-refractivity contribution in [1.82, 2.24) is 10.6 Å². The molecule has 3 nitrogen and oxygen atoms in total. The van der Waals surface area contributed by atoms with Crippen LogP contribution in [0.1, 0.15) is 25.3 Å². The normalized spacial score (nSPS) is 18.0. The molecule has 2 N–H and O–H groups in total. The summed E-state index contributed by atoms with van der Waals surface area (Å²) in [6.07, 6.45) is 2.56. The van der Waals surface area contributed by atoms with E-state index in [4.69, 9.17) is 0 Å². The Kier molecular flexibility index (Phi) is 4.91. The van der Waals surface area contributed by atoms with Crippen molar-refractivity contribution in [3.05, 3.63) is 35.6 Å². The van der Waals surface area contributed by atoms with E-state index in [0.29, 0.717) is 0 Å². The van der Waals surface area contributed by atoms with Gasteiger partial charge in [0.1, 0.15) is 5.82 Å². The van der Waals surface area contributed by atoms with Crippen LogP contribution in [0.2, 0.25) is 0 Å². The molecule has 0 radical (unpaired) electrons. The highest BCUT2D eigenvalue weighted by Gasteiger charge is 2.21. The number of halogens is 1. The van der Waals surface area contributed by atoms with Crippen LogP contribution in [0.5, 0.6) is 0 Å². The Morgan fingerprint density at radius 2 is 2.00 bits per heavy atom. The maximum absolute atomic E-state index is 12.8. The fraction of sp³-hybridized carbons (Fsp3) is 0.533. The van der Waals surface area contributed by atoms with Crippen LogP contribution in [0.15, 0.2) is 24.3 Å². The van der Waals surface area contributed by atoms with Crippen molar-refractivity contribution in [2.75, 3.05) is 13.1 Å². The molecule has 104 valence electrons. The van der Waals surface area contributed by atoms with E-state index in [1.807, 2.05) is 6.92 Å². The zero-order valence-electron chi connectivity index (χ0n) is 11.3. The Morgan fingerprint density at radius 3 is 2.63 bits per heavy atom. The van der Waals surface area contributed by atoms with E-state index < -0.39 is 0 Å². The molecule has 1 heterocycles. The van der Waals surface area contributed by atoms with Gasteiger partial charge in [-0.3, -0.25) is 4.79 Å². The number of amides is 1. The lowest BCUT2D eigenvalue weighted by Gasteiger charge is -2.24. The predicted molar refractivity (Wildman–Crippen MR) is 73.3 cm³/mol. The van der Waals surface area contributed by atoms with Crippen molar-refractivity contribution in [2.45, 2.75) is 32.2 Å². The minimum absolute atomic E-state index is 0.0767. The fourth-order valence-corrected chi connectivity index (χ4v) is 2.47. The predicted octanol–water partition coefficient (Wildman–Crippen LogP) is 1.87. The van der Waals surface area contributed by atoms with Crippen LogP contribution in [-0.2, 0) is 11.2 Å².